The van der Waals surface area contributed by atoms with Gasteiger partial charge in [-0.05, 0) is 37.3 Å². The molecule has 4 rings (SSSR count). The molecule has 1 aliphatic heterocycles. The quantitative estimate of drug-likeness (QED) is 0.624. The van der Waals surface area contributed by atoms with Gasteiger partial charge in [-0.15, -0.1) is 0 Å². The number of benzene rings is 1. The third kappa shape index (κ3) is 3.90. The number of fused-ring (bicyclic) bond motifs is 1. The number of hydrogen-bond donors (Lipinski definition) is 2. The van der Waals surface area contributed by atoms with Gasteiger partial charge in [0.2, 0.25) is 0 Å². The molecule has 3 aromatic rings. The second-order valence-electron chi connectivity index (χ2n) is 6.33. The Labute approximate surface area is 167 Å². The molecule has 3 heterocycles. The molecule has 0 saturated carbocycles. The lowest BCUT2D eigenvalue weighted by molar-refractivity contribution is 0.0924. The van der Waals surface area contributed by atoms with Crippen LogP contribution in [0.15, 0.2) is 36.5 Å². The number of carbonyl (C=O) groups is 1. The lowest BCUT2D eigenvalue weighted by atomic mass is 10.1. The van der Waals surface area contributed by atoms with E-state index in [9.17, 15) is 4.79 Å². The topological polar surface area (TPSA) is 111 Å². The second-order valence-corrected chi connectivity index (χ2v) is 6.33. The molecule has 0 fully saturated rings. The largest absolute Gasteiger partial charge is 0.490 e. The average Bonchev–Trinajstić information content (AvgIpc) is 3.19. The zero-order valence-corrected chi connectivity index (χ0v) is 16.0. The predicted octanol–water partition coefficient (Wildman–Crippen LogP) is 1.52. The van der Waals surface area contributed by atoms with E-state index in [0.29, 0.717) is 54.1 Å². The van der Waals surface area contributed by atoms with Crippen molar-refractivity contribution in [2.24, 2.45) is 0 Å². The number of amides is 1. The number of aliphatic hydroxyl groups is 1. The molecular weight excluding hydrogens is 374 g/mol. The third-order valence-electron chi connectivity index (χ3n) is 4.39. The first-order valence-corrected chi connectivity index (χ1v) is 9.40. The van der Waals surface area contributed by atoms with Crippen molar-refractivity contribution in [1.82, 2.24) is 25.1 Å². The van der Waals surface area contributed by atoms with Crippen LogP contribution in [0.4, 0.5) is 0 Å². The molecule has 0 spiro atoms. The summed E-state index contributed by atoms with van der Waals surface area (Å²) in [5.74, 6) is 1.48. The Morgan fingerprint density at radius 1 is 1.17 bits per heavy atom. The van der Waals surface area contributed by atoms with Crippen molar-refractivity contribution in [3.63, 3.8) is 0 Å². The normalized spacial score (nSPS) is 13.0. The molecule has 150 valence electrons. The fraction of sp³-hybridized carbons (Fsp3) is 0.300. The summed E-state index contributed by atoms with van der Waals surface area (Å²) in [6, 6.07) is 8.91. The maximum Gasteiger partial charge on any atom is 0.269 e. The van der Waals surface area contributed by atoms with Crippen LogP contribution in [0.2, 0.25) is 0 Å². The molecule has 2 N–H and O–H groups in total. The van der Waals surface area contributed by atoms with Gasteiger partial charge < -0.3 is 19.9 Å². The highest BCUT2D eigenvalue weighted by Crippen LogP contribution is 2.32. The number of hydrogen-bond acceptors (Lipinski definition) is 7. The summed E-state index contributed by atoms with van der Waals surface area (Å²) >= 11 is 0. The van der Waals surface area contributed by atoms with Crippen molar-refractivity contribution in [1.29, 1.82) is 0 Å². The number of aliphatic hydroxyl groups excluding tert-OH is 1. The zero-order chi connectivity index (χ0) is 20.2. The lowest BCUT2D eigenvalue weighted by Gasteiger charge is -2.13. The van der Waals surface area contributed by atoms with E-state index in [2.05, 4.69) is 20.4 Å². The van der Waals surface area contributed by atoms with E-state index in [4.69, 9.17) is 14.6 Å². The van der Waals surface area contributed by atoms with Gasteiger partial charge in [0.05, 0.1) is 25.5 Å². The summed E-state index contributed by atoms with van der Waals surface area (Å²) in [7, 11) is 0. The maximum atomic E-state index is 12.0. The molecule has 1 aromatic carbocycles. The summed E-state index contributed by atoms with van der Waals surface area (Å²) in [5.41, 5.74) is 2.53. The van der Waals surface area contributed by atoms with E-state index in [1.807, 2.05) is 13.0 Å². The SMILES string of the molecule is CCOc1cc(-c2nccc(-c3cc4n(n3)CCNC4=O)n2)ccc1OCCO. The Kier molecular flexibility index (Phi) is 5.39. The van der Waals surface area contributed by atoms with Gasteiger partial charge in [-0.2, -0.15) is 5.10 Å². The van der Waals surface area contributed by atoms with E-state index >= 15 is 0 Å². The summed E-state index contributed by atoms with van der Waals surface area (Å²) in [6.07, 6.45) is 1.66. The molecule has 0 bridgehead atoms. The van der Waals surface area contributed by atoms with Crippen molar-refractivity contribution in [3.8, 4) is 34.3 Å². The fourth-order valence-corrected chi connectivity index (χ4v) is 3.09. The van der Waals surface area contributed by atoms with E-state index in [-0.39, 0.29) is 19.1 Å². The Balaban J connectivity index is 1.67. The minimum Gasteiger partial charge on any atom is -0.490 e. The monoisotopic (exact) mass is 395 g/mol. The van der Waals surface area contributed by atoms with E-state index in [0.717, 1.165) is 5.56 Å². The van der Waals surface area contributed by atoms with E-state index in [1.165, 1.54) is 0 Å². The Bertz CT molecular complexity index is 1030. The summed E-state index contributed by atoms with van der Waals surface area (Å²) < 4.78 is 12.9. The highest BCUT2D eigenvalue weighted by Gasteiger charge is 2.20. The van der Waals surface area contributed by atoms with E-state index < -0.39 is 0 Å². The van der Waals surface area contributed by atoms with Crippen LogP contribution >= 0.6 is 0 Å². The molecule has 9 heteroatoms. The van der Waals surface area contributed by atoms with Gasteiger partial charge in [0.1, 0.15) is 18.0 Å². The van der Waals surface area contributed by atoms with Crippen LogP contribution in [0.1, 0.15) is 17.4 Å². The molecule has 2 aromatic heterocycles. The number of nitrogens with one attached hydrogen (secondary N) is 1. The molecule has 0 saturated heterocycles. The number of ether oxygens (including phenoxy) is 2. The Morgan fingerprint density at radius 3 is 2.86 bits per heavy atom. The standard InChI is InChI=1S/C20H21N5O4/c1-2-28-18-11-13(3-4-17(18)29-10-9-26)19-21-6-5-14(23-19)15-12-16-20(27)22-7-8-25(16)24-15/h3-6,11-12,26H,2,7-10H2,1H3,(H,22,27). The van der Waals surface area contributed by atoms with Crippen LogP contribution < -0.4 is 14.8 Å². The molecule has 29 heavy (non-hydrogen) atoms. The van der Waals surface area contributed by atoms with E-state index in [1.54, 1.807) is 35.1 Å². The maximum absolute atomic E-state index is 12.0. The highest BCUT2D eigenvalue weighted by molar-refractivity contribution is 5.94. The lowest BCUT2D eigenvalue weighted by Crippen LogP contribution is -2.35. The minimum atomic E-state index is -0.135. The molecule has 0 aliphatic carbocycles. The second kappa shape index (κ2) is 8.27. The van der Waals surface area contributed by atoms with Gasteiger partial charge in [0, 0.05) is 18.3 Å². The smallest absolute Gasteiger partial charge is 0.269 e. The van der Waals surface area contributed by atoms with Crippen LogP contribution in [-0.2, 0) is 6.54 Å². The molecular formula is C20H21N5O4. The molecule has 1 amide bonds. The summed E-state index contributed by atoms with van der Waals surface area (Å²) in [5, 5.41) is 16.3. The Morgan fingerprint density at radius 2 is 2.07 bits per heavy atom. The predicted molar refractivity (Wildman–Crippen MR) is 105 cm³/mol. The number of carbonyl (C=O) groups excluding carboxylic acids is 1. The number of nitrogens with zero attached hydrogens (tertiary/aromatic N) is 4. The molecule has 0 atom stereocenters. The molecule has 0 unspecified atom stereocenters. The molecule has 9 nitrogen and oxygen atoms in total. The van der Waals surface area contributed by atoms with Gasteiger partial charge in [0.15, 0.2) is 17.3 Å². The van der Waals surface area contributed by atoms with Crippen molar-refractivity contribution < 1.29 is 19.4 Å². The van der Waals surface area contributed by atoms with Crippen LogP contribution in [0.25, 0.3) is 22.8 Å². The van der Waals surface area contributed by atoms with Gasteiger partial charge in [0.25, 0.3) is 5.91 Å². The third-order valence-corrected chi connectivity index (χ3v) is 4.39. The summed E-state index contributed by atoms with van der Waals surface area (Å²) in [4.78, 5) is 21.0. The van der Waals surface area contributed by atoms with Gasteiger partial charge in [-0.1, -0.05) is 0 Å². The van der Waals surface area contributed by atoms with Crippen molar-refractivity contribution in [3.05, 3.63) is 42.2 Å². The van der Waals surface area contributed by atoms with Crippen LogP contribution in [0.5, 0.6) is 11.5 Å². The molecule has 0 radical (unpaired) electrons. The van der Waals surface area contributed by atoms with Crippen LogP contribution in [0.3, 0.4) is 0 Å². The summed E-state index contributed by atoms with van der Waals surface area (Å²) in [6.45, 7) is 3.66. The van der Waals surface area contributed by atoms with Crippen molar-refractivity contribution in [2.75, 3.05) is 26.4 Å². The first kappa shape index (κ1) is 18.9. The van der Waals surface area contributed by atoms with Gasteiger partial charge >= 0.3 is 0 Å². The fourth-order valence-electron chi connectivity index (χ4n) is 3.09. The first-order valence-electron chi connectivity index (χ1n) is 9.40. The van der Waals surface area contributed by atoms with Crippen LogP contribution in [-0.4, -0.2) is 57.1 Å². The highest BCUT2D eigenvalue weighted by atomic mass is 16.5. The number of aromatic nitrogens is 4. The average molecular weight is 395 g/mol. The van der Waals surface area contributed by atoms with Crippen molar-refractivity contribution >= 4 is 5.91 Å². The molecule has 1 aliphatic rings. The van der Waals surface area contributed by atoms with Crippen LogP contribution in [0, 0.1) is 0 Å². The van der Waals surface area contributed by atoms with Gasteiger partial charge in [-0.25, -0.2) is 9.97 Å². The van der Waals surface area contributed by atoms with Gasteiger partial charge in [-0.3, -0.25) is 9.48 Å². The zero-order valence-electron chi connectivity index (χ0n) is 16.0. The Hall–Kier alpha value is -3.46. The minimum absolute atomic E-state index is 0.0782. The number of rotatable bonds is 7. The first-order chi connectivity index (χ1) is 14.2. The van der Waals surface area contributed by atoms with Crippen molar-refractivity contribution in [2.45, 2.75) is 13.5 Å².